The first-order valence-corrected chi connectivity index (χ1v) is 7.01. The molecule has 3 rings (SSSR count). The van der Waals surface area contributed by atoms with E-state index in [1.807, 2.05) is 18.2 Å². The number of nitrogens with one attached hydrogen (secondary N) is 1. The van der Waals surface area contributed by atoms with Gasteiger partial charge >= 0.3 is 5.97 Å². The van der Waals surface area contributed by atoms with Crippen molar-refractivity contribution in [1.82, 2.24) is 4.90 Å². The van der Waals surface area contributed by atoms with Crippen LogP contribution < -0.4 is 5.32 Å². The number of carboxylic acid groups (broad SMARTS) is 1. The molecule has 0 aromatic heterocycles. The van der Waals surface area contributed by atoms with Gasteiger partial charge in [0.2, 0.25) is 0 Å². The second kappa shape index (κ2) is 4.91. The monoisotopic (exact) mass is 286 g/mol. The third kappa shape index (κ3) is 2.09. The Morgan fingerprint density at radius 2 is 2.10 bits per heavy atom. The Hall–Kier alpha value is -2.30. The molecular weight excluding hydrogens is 268 g/mol. The number of carboxylic acids is 1. The number of fused-ring (bicyclic) bond motifs is 3. The lowest BCUT2D eigenvalue weighted by atomic mass is 9.78. The standard InChI is InChI=1S/C16H18N2O3/c1-18(2)15(19)12-8-4-6-10-9-5-3-7-11(9)14(16(20)21)17-13(10)12/h3-6,8-9,11,14,17H,7H2,1-2H3,(H,20,21)/t9-,11-,14-/m1/s1. The first-order valence-electron chi connectivity index (χ1n) is 7.01. The summed E-state index contributed by atoms with van der Waals surface area (Å²) in [7, 11) is 3.38. The van der Waals surface area contributed by atoms with E-state index in [2.05, 4.69) is 11.4 Å². The average Bonchev–Trinajstić information content (AvgIpc) is 2.94. The lowest BCUT2D eigenvalue weighted by molar-refractivity contribution is -0.139. The van der Waals surface area contributed by atoms with Crippen LogP contribution in [0.15, 0.2) is 30.4 Å². The maximum atomic E-state index is 12.3. The second-order valence-corrected chi connectivity index (χ2v) is 5.78. The highest BCUT2D eigenvalue weighted by Gasteiger charge is 2.41. The fourth-order valence-corrected chi connectivity index (χ4v) is 3.28. The van der Waals surface area contributed by atoms with Gasteiger partial charge in [-0.05, 0) is 18.1 Å². The smallest absolute Gasteiger partial charge is 0.326 e. The van der Waals surface area contributed by atoms with Gasteiger partial charge in [0.05, 0.1) is 11.3 Å². The molecule has 0 saturated heterocycles. The number of anilines is 1. The summed E-state index contributed by atoms with van der Waals surface area (Å²) in [5, 5.41) is 12.5. The molecular formula is C16H18N2O3. The van der Waals surface area contributed by atoms with Crippen molar-refractivity contribution in [3.8, 4) is 0 Å². The van der Waals surface area contributed by atoms with E-state index in [9.17, 15) is 14.7 Å². The maximum absolute atomic E-state index is 12.3. The van der Waals surface area contributed by atoms with E-state index in [0.717, 1.165) is 12.0 Å². The molecule has 5 heteroatoms. The molecule has 0 unspecified atom stereocenters. The van der Waals surface area contributed by atoms with Gasteiger partial charge < -0.3 is 15.3 Å². The fraction of sp³-hybridized carbons (Fsp3) is 0.375. The molecule has 2 aliphatic rings. The minimum atomic E-state index is -0.869. The van der Waals surface area contributed by atoms with Crippen molar-refractivity contribution in [3.63, 3.8) is 0 Å². The molecule has 3 atom stereocenters. The Labute approximate surface area is 123 Å². The number of carbonyl (C=O) groups is 2. The number of hydrogen-bond acceptors (Lipinski definition) is 3. The van der Waals surface area contributed by atoms with Crippen LogP contribution in [0.4, 0.5) is 5.69 Å². The van der Waals surface area contributed by atoms with Crippen LogP contribution in [0.5, 0.6) is 0 Å². The Morgan fingerprint density at radius 1 is 1.33 bits per heavy atom. The topological polar surface area (TPSA) is 69.6 Å². The molecule has 0 saturated carbocycles. The van der Waals surface area contributed by atoms with Crippen LogP contribution in [0, 0.1) is 5.92 Å². The lowest BCUT2D eigenvalue weighted by Gasteiger charge is -2.35. The zero-order valence-electron chi connectivity index (χ0n) is 12.0. The first-order chi connectivity index (χ1) is 10.0. The minimum Gasteiger partial charge on any atom is -0.480 e. The molecule has 0 radical (unpaired) electrons. The van der Waals surface area contributed by atoms with Gasteiger partial charge in [0.15, 0.2) is 0 Å². The summed E-state index contributed by atoms with van der Waals surface area (Å²) in [4.78, 5) is 25.3. The third-order valence-electron chi connectivity index (χ3n) is 4.30. The molecule has 21 heavy (non-hydrogen) atoms. The molecule has 110 valence electrons. The van der Waals surface area contributed by atoms with E-state index in [1.165, 1.54) is 4.90 Å². The summed E-state index contributed by atoms with van der Waals surface area (Å²) in [5.41, 5.74) is 2.21. The summed E-state index contributed by atoms with van der Waals surface area (Å²) in [6, 6.07) is 4.92. The van der Waals surface area contributed by atoms with Crippen molar-refractivity contribution < 1.29 is 14.7 Å². The van der Waals surface area contributed by atoms with Crippen molar-refractivity contribution in [2.45, 2.75) is 18.4 Å². The van der Waals surface area contributed by atoms with Gasteiger partial charge in [0, 0.05) is 25.9 Å². The highest BCUT2D eigenvalue weighted by molar-refractivity contribution is 6.01. The molecule has 1 aromatic rings. The molecule has 1 amide bonds. The van der Waals surface area contributed by atoms with E-state index in [0.29, 0.717) is 11.3 Å². The van der Waals surface area contributed by atoms with Crippen LogP contribution in [0.25, 0.3) is 0 Å². The highest BCUT2D eigenvalue weighted by atomic mass is 16.4. The normalized spacial score (nSPS) is 25.7. The molecule has 1 aliphatic carbocycles. The Kier molecular flexibility index (Phi) is 3.20. The number of benzene rings is 1. The van der Waals surface area contributed by atoms with Gasteiger partial charge in [0.25, 0.3) is 5.91 Å². The number of aliphatic carboxylic acids is 1. The molecule has 5 nitrogen and oxygen atoms in total. The van der Waals surface area contributed by atoms with E-state index >= 15 is 0 Å². The first kappa shape index (κ1) is 13.7. The minimum absolute atomic E-state index is 0.0136. The van der Waals surface area contributed by atoms with Crippen molar-refractivity contribution in [3.05, 3.63) is 41.5 Å². The Balaban J connectivity index is 2.12. The van der Waals surface area contributed by atoms with Gasteiger partial charge in [-0.25, -0.2) is 4.79 Å². The molecule has 1 heterocycles. The second-order valence-electron chi connectivity index (χ2n) is 5.78. The van der Waals surface area contributed by atoms with E-state index < -0.39 is 12.0 Å². The number of nitrogens with zero attached hydrogens (tertiary/aromatic N) is 1. The van der Waals surface area contributed by atoms with Crippen LogP contribution in [-0.4, -0.2) is 42.0 Å². The van der Waals surface area contributed by atoms with Crippen molar-refractivity contribution in [1.29, 1.82) is 0 Å². The van der Waals surface area contributed by atoms with Crippen molar-refractivity contribution >= 4 is 17.6 Å². The average molecular weight is 286 g/mol. The van der Waals surface area contributed by atoms with Gasteiger partial charge in [-0.1, -0.05) is 24.3 Å². The molecule has 0 bridgehead atoms. The van der Waals surface area contributed by atoms with Crippen molar-refractivity contribution in [2.24, 2.45) is 5.92 Å². The molecule has 0 fully saturated rings. The summed E-state index contributed by atoms with van der Waals surface area (Å²) >= 11 is 0. The van der Waals surface area contributed by atoms with Crippen LogP contribution in [0.1, 0.15) is 28.3 Å². The number of hydrogen-bond donors (Lipinski definition) is 2. The third-order valence-corrected chi connectivity index (χ3v) is 4.30. The summed E-state index contributed by atoms with van der Waals surface area (Å²) in [6.45, 7) is 0. The summed E-state index contributed by atoms with van der Waals surface area (Å²) in [6.07, 6.45) is 4.84. The SMILES string of the molecule is CN(C)C(=O)c1cccc2c1N[C@@H](C(=O)O)[C@@H]1CC=C[C@H]21. The number of amides is 1. The summed E-state index contributed by atoms with van der Waals surface area (Å²) in [5.74, 6) is -0.910. The van der Waals surface area contributed by atoms with E-state index in [1.54, 1.807) is 20.2 Å². The number of allylic oxidation sites excluding steroid dienone is 2. The fourth-order valence-electron chi connectivity index (χ4n) is 3.28. The van der Waals surface area contributed by atoms with Gasteiger partial charge in [-0.3, -0.25) is 4.79 Å². The molecule has 0 spiro atoms. The molecule has 2 N–H and O–H groups in total. The maximum Gasteiger partial charge on any atom is 0.326 e. The molecule has 1 aromatic carbocycles. The molecule has 1 aliphatic heterocycles. The van der Waals surface area contributed by atoms with Crippen molar-refractivity contribution in [2.75, 3.05) is 19.4 Å². The zero-order chi connectivity index (χ0) is 15.1. The zero-order valence-corrected chi connectivity index (χ0v) is 12.0. The van der Waals surface area contributed by atoms with Crippen LogP contribution in [0.2, 0.25) is 0 Å². The van der Waals surface area contributed by atoms with Gasteiger partial charge in [0.1, 0.15) is 6.04 Å². The Morgan fingerprint density at radius 3 is 2.76 bits per heavy atom. The number of rotatable bonds is 2. The van der Waals surface area contributed by atoms with E-state index in [4.69, 9.17) is 0 Å². The van der Waals surface area contributed by atoms with Crippen LogP contribution in [0.3, 0.4) is 0 Å². The van der Waals surface area contributed by atoms with E-state index in [-0.39, 0.29) is 17.7 Å². The van der Waals surface area contributed by atoms with Gasteiger partial charge in [-0.2, -0.15) is 0 Å². The quantitative estimate of drug-likeness (QED) is 0.815. The predicted octanol–water partition coefficient (Wildman–Crippen LogP) is 1.93. The van der Waals surface area contributed by atoms with Crippen LogP contribution in [-0.2, 0) is 4.79 Å². The number of para-hydroxylation sites is 1. The van der Waals surface area contributed by atoms with Crippen LogP contribution >= 0.6 is 0 Å². The summed E-state index contributed by atoms with van der Waals surface area (Å²) < 4.78 is 0. The highest BCUT2D eigenvalue weighted by Crippen LogP contribution is 2.45. The van der Waals surface area contributed by atoms with Gasteiger partial charge in [-0.15, -0.1) is 0 Å². The largest absolute Gasteiger partial charge is 0.480 e. The lowest BCUT2D eigenvalue weighted by Crippen LogP contribution is -2.42. The Bertz CT molecular complexity index is 636. The predicted molar refractivity (Wildman–Crippen MR) is 79.5 cm³/mol. The number of carbonyl (C=O) groups excluding carboxylic acids is 1.